The van der Waals surface area contributed by atoms with Crippen molar-refractivity contribution in [2.45, 2.75) is 120 Å². The summed E-state index contributed by atoms with van der Waals surface area (Å²) in [5.41, 5.74) is 1.09. The van der Waals surface area contributed by atoms with Crippen molar-refractivity contribution in [3.63, 3.8) is 0 Å². The minimum absolute atomic E-state index is 0.00752. The van der Waals surface area contributed by atoms with Crippen LogP contribution in [0.2, 0.25) is 0 Å². The molecule has 0 amide bonds. The molecule has 0 spiro atoms. The van der Waals surface area contributed by atoms with Gasteiger partial charge in [-0.3, -0.25) is 14.4 Å². The van der Waals surface area contributed by atoms with Crippen molar-refractivity contribution in [3.05, 3.63) is 12.2 Å². The molecule has 5 aliphatic carbocycles. The summed E-state index contributed by atoms with van der Waals surface area (Å²) < 4.78 is 11.1. The van der Waals surface area contributed by atoms with Gasteiger partial charge >= 0.3 is 17.9 Å². The Morgan fingerprint density at radius 1 is 0.775 bits per heavy atom. The van der Waals surface area contributed by atoms with E-state index < -0.39 is 11.4 Å². The summed E-state index contributed by atoms with van der Waals surface area (Å²) in [5, 5.41) is 0. The molecule has 0 aromatic carbocycles. The van der Waals surface area contributed by atoms with Gasteiger partial charge in [-0.1, -0.05) is 46.8 Å². The van der Waals surface area contributed by atoms with Crippen LogP contribution >= 0.6 is 0 Å². The van der Waals surface area contributed by atoms with Crippen LogP contribution in [-0.2, 0) is 23.9 Å². The van der Waals surface area contributed by atoms with Gasteiger partial charge in [-0.05, 0) is 123 Å². The van der Waals surface area contributed by atoms with Gasteiger partial charge in [-0.2, -0.15) is 0 Å². The molecule has 5 saturated carbocycles. The van der Waals surface area contributed by atoms with Crippen molar-refractivity contribution in [2.75, 3.05) is 6.61 Å². The number of allylic oxidation sites excluding steroid dienone is 1. The minimum atomic E-state index is -0.563. The van der Waals surface area contributed by atoms with E-state index in [2.05, 4.69) is 48.1 Å². The number of hydrogen-bond donors (Lipinski definition) is 0. The van der Waals surface area contributed by atoms with Crippen LogP contribution in [0.1, 0.15) is 120 Å². The van der Waals surface area contributed by atoms with E-state index in [9.17, 15) is 14.4 Å². The van der Waals surface area contributed by atoms with Gasteiger partial charge in [0, 0.05) is 19.3 Å². The maximum absolute atomic E-state index is 13.7. The molecule has 5 fully saturated rings. The van der Waals surface area contributed by atoms with Gasteiger partial charge in [0.05, 0.1) is 12.0 Å². The SMILES string of the molecule is C=C(C)C1CC[C@]2(C(=O)OC(C)=O)CC[C@]3(C)C(CCC4[C@@]5(C)CC[C@H](C)[C@@](C)(COC(C)=O)C5CC[C@]43C)C12. The highest BCUT2D eigenvalue weighted by Crippen LogP contribution is 2.78. The first-order chi connectivity index (χ1) is 18.6. The van der Waals surface area contributed by atoms with Crippen LogP contribution in [0.5, 0.6) is 0 Å². The Morgan fingerprint density at radius 3 is 2.10 bits per heavy atom. The van der Waals surface area contributed by atoms with E-state index in [1.807, 2.05) is 0 Å². The van der Waals surface area contributed by atoms with Crippen LogP contribution in [-0.4, -0.2) is 24.5 Å². The molecule has 5 unspecified atom stereocenters. The quantitative estimate of drug-likeness (QED) is 0.201. The molecule has 0 aromatic heterocycles. The summed E-state index contributed by atoms with van der Waals surface area (Å²) in [4.78, 5) is 37.5. The number of rotatable bonds is 4. The van der Waals surface area contributed by atoms with Crippen molar-refractivity contribution >= 4 is 17.9 Å². The van der Waals surface area contributed by atoms with E-state index in [0.717, 1.165) is 32.1 Å². The molecule has 5 aliphatic rings. The zero-order chi connectivity index (χ0) is 29.5. The fourth-order valence-corrected chi connectivity index (χ4v) is 12.2. The van der Waals surface area contributed by atoms with Crippen molar-refractivity contribution in [3.8, 4) is 0 Å². The Hall–Kier alpha value is -1.65. The van der Waals surface area contributed by atoms with Gasteiger partial charge in [0.2, 0.25) is 0 Å². The lowest BCUT2D eigenvalue weighted by Crippen LogP contribution is -2.67. The van der Waals surface area contributed by atoms with Crippen LogP contribution in [0, 0.1) is 62.6 Å². The number of hydrogen-bond acceptors (Lipinski definition) is 5. The Bertz CT molecular complexity index is 1100. The molecule has 11 atom stereocenters. The van der Waals surface area contributed by atoms with Gasteiger partial charge in [0.15, 0.2) is 0 Å². The second kappa shape index (κ2) is 9.69. The lowest BCUT2D eigenvalue weighted by molar-refractivity contribution is -0.248. The Kier molecular flexibility index (Phi) is 7.23. The van der Waals surface area contributed by atoms with Crippen LogP contribution in [0.4, 0.5) is 0 Å². The Labute approximate surface area is 242 Å². The van der Waals surface area contributed by atoms with E-state index in [-0.39, 0.29) is 39.5 Å². The number of esters is 3. The summed E-state index contributed by atoms with van der Waals surface area (Å²) >= 11 is 0. The van der Waals surface area contributed by atoms with Gasteiger partial charge in [0.25, 0.3) is 0 Å². The highest BCUT2D eigenvalue weighted by molar-refractivity contribution is 5.88. The molecule has 224 valence electrons. The largest absolute Gasteiger partial charge is 0.465 e. The summed E-state index contributed by atoms with van der Waals surface area (Å²) in [6.45, 7) is 22.4. The smallest absolute Gasteiger partial charge is 0.320 e. The summed E-state index contributed by atoms with van der Waals surface area (Å²) in [6, 6.07) is 0. The third-order valence-corrected chi connectivity index (χ3v) is 14.6. The molecule has 0 saturated heterocycles. The monoisotopic (exact) mass is 554 g/mol. The van der Waals surface area contributed by atoms with Crippen molar-refractivity contribution in [1.29, 1.82) is 0 Å². The molecular formula is C35H54O5. The minimum Gasteiger partial charge on any atom is -0.465 e. The lowest BCUT2D eigenvalue weighted by atomic mass is 9.32. The van der Waals surface area contributed by atoms with Crippen LogP contribution in [0.3, 0.4) is 0 Å². The molecule has 5 rings (SSSR count). The summed E-state index contributed by atoms with van der Waals surface area (Å²) in [6.07, 6.45) is 10.7. The van der Waals surface area contributed by atoms with Crippen molar-refractivity contribution < 1.29 is 23.9 Å². The fraction of sp³-hybridized carbons (Fsp3) is 0.857. The standard InChI is InChI=1S/C35H54O5/c1-21(2)25-13-17-35(30(38)40-24(5)37)19-18-33(8)26(29(25)35)10-11-28-31(6)15-12-22(3)32(7,20-39-23(4)36)27(31)14-16-34(28,33)9/h22,25-29H,1,10-20H2,2-9H3/t22-,25?,26?,27?,28?,29?,31-,32+,33+,34+,35-/m0/s1. The molecule has 0 bridgehead atoms. The highest BCUT2D eigenvalue weighted by Gasteiger charge is 2.72. The van der Waals surface area contributed by atoms with Crippen LogP contribution in [0.15, 0.2) is 12.2 Å². The lowest BCUT2D eigenvalue weighted by Gasteiger charge is -2.73. The van der Waals surface area contributed by atoms with Crippen molar-refractivity contribution in [2.24, 2.45) is 62.6 Å². The number of ether oxygens (including phenoxy) is 2. The average Bonchev–Trinajstić information content (AvgIpc) is 3.27. The molecule has 0 heterocycles. The van der Waals surface area contributed by atoms with Crippen LogP contribution < -0.4 is 0 Å². The zero-order valence-corrected chi connectivity index (χ0v) is 26.5. The van der Waals surface area contributed by atoms with E-state index in [0.29, 0.717) is 36.2 Å². The first-order valence-corrected chi connectivity index (χ1v) is 16.1. The second-order valence-corrected chi connectivity index (χ2v) is 15.9. The number of fused-ring (bicyclic) bond motifs is 7. The first kappa shape index (κ1) is 29.8. The van der Waals surface area contributed by atoms with Gasteiger partial charge < -0.3 is 9.47 Å². The predicted molar refractivity (Wildman–Crippen MR) is 156 cm³/mol. The number of carbonyl (C=O) groups is 3. The molecule has 0 aromatic rings. The van der Waals surface area contributed by atoms with E-state index in [1.165, 1.54) is 51.5 Å². The maximum Gasteiger partial charge on any atom is 0.320 e. The summed E-state index contributed by atoms with van der Waals surface area (Å²) in [7, 11) is 0. The summed E-state index contributed by atoms with van der Waals surface area (Å²) in [5.74, 6) is 1.64. The predicted octanol–water partition coefficient (Wildman–Crippen LogP) is 7.91. The topological polar surface area (TPSA) is 69.7 Å². The van der Waals surface area contributed by atoms with Gasteiger partial charge in [-0.15, -0.1) is 0 Å². The molecule has 5 nitrogen and oxygen atoms in total. The number of carbonyl (C=O) groups excluding carboxylic acids is 3. The zero-order valence-electron chi connectivity index (χ0n) is 26.5. The van der Waals surface area contributed by atoms with E-state index in [1.54, 1.807) is 0 Å². The molecule has 0 aliphatic heterocycles. The van der Waals surface area contributed by atoms with E-state index >= 15 is 0 Å². The molecule has 40 heavy (non-hydrogen) atoms. The fourth-order valence-electron chi connectivity index (χ4n) is 12.2. The Balaban J connectivity index is 1.52. The average molecular weight is 555 g/mol. The third-order valence-electron chi connectivity index (χ3n) is 14.6. The third kappa shape index (κ3) is 3.94. The van der Waals surface area contributed by atoms with Gasteiger partial charge in [-0.25, -0.2) is 0 Å². The highest BCUT2D eigenvalue weighted by atomic mass is 16.6. The second-order valence-electron chi connectivity index (χ2n) is 15.9. The molecule has 5 heteroatoms. The van der Waals surface area contributed by atoms with Gasteiger partial charge in [0.1, 0.15) is 0 Å². The molecular weight excluding hydrogens is 500 g/mol. The Morgan fingerprint density at radius 2 is 1.48 bits per heavy atom. The maximum atomic E-state index is 13.7. The van der Waals surface area contributed by atoms with Crippen molar-refractivity contribution in [1.82, 2.24) is 0 Å². The van der Waals surface area contributed by atoms with E-state index in [4.69, 9.17) is 9.47 Å². The first-order valence-electron chi connectivity index (χ1n) is 16.1. The molecule has 0 radical (unpaired) electrons. The van der Waals surface area contributed by atoms with Crippen LogP contribution in [0.25, 0.3) is 0 Å². The molecule has 0 N–H and O–H groups in total. The normalized spacial score (nSPS) is 49.5.